The standard InChI is InChI=1S/C16H18N4O/c21-16(14-4-2-1-3-5-14)19-11-13-6-7-18-15(10-13)20-9-8-17-12-20/h1-2,6-10,12,14H,3-5,11H2,(H,19,21)/t14-/m0/s1. The van der Waals surface area contributed by atoms with E-state index in [0.29, 0.717) is 6.54 Å². The molecule has 5 nitrogen and oxygen atoms in total. The van der Waals surface area contributed by atoms with E-state index in [2.05, 4.69) is 27.4 Å². The second kappa shape index (κ2) is 6.35. The fourth-order valence-corrected chi connectivity index (χ4v) is 2.47. The van der Waals surface area contributed by atoms with Crippen molar-refractivity contribution in [3.8, 4) is 5.82 Å². The van der Waals surface area contributed by atoms with Crippen molar-refractivity contribution >= 4 is 5.91 Å². The Balaban J connectivity index is 1.61. The molecule has 0 spiro atoms. The van der Waals surface area contributed by atoms with Crippen molar-refractivity contribution in [1.82, 2.24) is 19.9 Å². The van der Waals surface area contributed by atoms with Crippen LogP contribution in [0.15, 0.2) is 49.2 Å². The molecule has 0 bridgehead atoms. The number of pyridine rings is 1. The first-order chi connectivity index (χ1) is 10.3. The first-order valence-electron chi connectivity index (χ1n) is 7.19. The minimum absolute atomic E-state index is 0.116. The smallest absolute Gasteiger partial charge is 0.223 e. The van der Waals surface area contributed by atoms with Gasteiger partial charge in [0.15, 0.2) is 0 Å². The van der Waals surface area contributed by atoms with Crippen molar-refractivity contribution < 1.29 is 4.79 Å². The third-order valence-electron chi connectivity index (χ3n) is 3.69. The Morgan fingerprint density at radius 1 is 1.38 bits per heavy atom. The van der Waals surface area contributed by atoms with Gasteiger partial charge in [-0.2, -0.15) is 0 Å². The maximum atomic E-state index is 12.1. The van der Waals surface area contributed by atoms with Crippen LogP contribution in [0.2, 0.25) is 0 Å². The zero-order valence-corrected chi connectivity index (χ0v) is 11.8. The van der Waals surface area contributed by atoms with Gasteiger partial charge in [0.1, 0.15) is 12.1 Å². The third kappa shape index (κ3) is 3.37. The van der Waals surface area contributed by atoms with Gasteiger partial charge in [0.05, 0.1) is 0 Å². The number of hydrogen-bond donors (Lipinski definition) is 1. The van der Waals surface area contributed by atoms with Gasteiger partial charge in [0.25, 0.3) is 0 Å². The van der Waals surface area contributed by atoms with Crippen LogP contribution in [0.4, 0.5) is 0 Å². The molecule has 0 saturated heterocycles. The summed E-state index contributed by atoms with van der Waals surface area (Å²) in [4.78, 5) is 20.4. The minimum Gasteiger partial charge on any atom is -0.352 e. The molecule has 1 amide bonds. The predicted octanol–water partition coefficient (Wildman–Crippen LogP) is 2.24. The molecule has 0 aliphatic heterocycles. The Morgan fingerprint density at radius 3 is 3.10 bits per heavy atom. The lowest BCUT2D eigenvalue weighted by Gasteiger charge is -2.17. The number of rotatable bonds is 4. The molecule has 2 heterocycles. The quantitative estimate of drug-likeness (QED) is 0.875. The van der Waals surface area contributed by atoms with E-state index in [4.69, 9.17) is 0 Å². The molecule has 2 aromatic rings. The van der Waals surface area contributed by atoms with Gasteiger partial charge in [-0.3, -0.25) is 9.36 Å². The second-order valence-corrected chi connectivity index (χ2v) is 5.19. The van der Waals surface area contributed by atoms with Gasteiger partial charge in [-0.25, -0.2) is 9.97 Å². The number of aromatic nitrogens is 3. The van der Waals surface area contributed by atoms with E-state index in [9.17, 15) is 4.79 Å². The molecule has 2 aromatic heterocycles. The average Bonchev–Trinajstić information content (AvgIpc) is 3.08. The molecule has 108 valence electrons. The van der Waals surface area contributed by atoms with E-state index in [1.807, 2.05) is 22.9 Å². The molecule has 1 atom stereocenters. The number of imidazole rings is 1. The van der Waals surface area contributed by atoms with Crippen LogP contribution in [0.1, 0.15) is 24.8 Å². The molecule has 3 rings (SSSR count). The fraction of sp³-hybridized carbons (Fsp3) is 0.312. The van der Waals surface area contributed by atoms with E-state index in [1.165, 1.54) is 0 Å². The summed E-state index contributed by atoms with van der Waals surface area (Å²) in [6.45, 7) is 0.531. The monoisotopic (exact) mass is 282 g/mol. The highest BCUT2D eigenvalue weighted by Gasteiger charge is 2.18. The predicted molar refractivity (Wildman–Crippen MR) is 79.7 cm³/mol. The van der Waals surface area contributed by atoms with Gasteiger partial charge >= 0.3 is 0 Å². The zero-order valence-electron chi connectivity index (χ0n) is 11.8. The Kier molecular flexibility index (Phi) is 4.09. The van der Waals surface area contributed by atoms with Gasteiger partial charge in [0, 0.05) is 31.1 Å². The Morgan fingerprint density at radius 2 is 2.33 bits per heavy atom. The first-order valence-corrected chi connectivity index (χ1v) is 7.19. The lowest BCUT2D eigenvalue weighted by atomic mass is 9.93. The number of nitrogens with zero attached hydrogens (tertiary/aromatic N) is 3. The summed E-state index contributed by atoms with van der Waals surface area (Å²) in [5, 5.41) is 3.02. The van der Waals surface area contributed by atoms with E-state index in [-0.39, 0.29) is 11.8 Å². The summed E-state index contributed by atoms with van der Waals surface area (Å²) in [5.41, 5.74) is 1.04. The van der Waals surface area contributed by atoms with Gasteiger partial charge in [0.2, 0.25) is 5.91 Å². The minimum atomic E-state index is 0.116. The summed E-state index contributed by atoms with van der Waals surface area (Å²) in [6, 6.07) is 3.88. The van der Waals surface area contributed by atoms with Gasteiger partial charge in [-0.15, -0.1) is 0 Å². The van der Waals surface area contributed by atoms with Crippen LogP contribution in [0.3, 0.4) is 0 Å². The van der Waals surface area contributed by atoms with E-state index < -0.39 is 0 Å². The zero-order chi connectivity index (χ0) is 14.5. The SMILES string of the molecule is O=C(NCc1ccnc(-n2ccnc2)c1)[C@H]1CC=CCC1. The summed E-state index contributed by atoms with van der Waals surface area (Å²) >= 11 is 0. The van der Waals surface area contributed by atoms with E-state index in [0.717, 1.165) is 30.6 Å². The van der Waals surface area contributed by atoms with Crippen LogP contribution in [0.25, 0.3) is 5.82 Å². The van der Waals surface area contributed by atoms with Crippen molar-refractivity contribution in [2.24, 2.45) is 5.92 Å². The van der Waals surface area contributed by atoms with Crippen molar-refractivity contribution in [3.63, 3.8) is 0 Å². The van der Waals surface area contributed by atoms with Crippen LogP contribution in [-0.4, -0.2) is 20.4 Å². The molecule has 0 radical (unpaired) electrons. The van der Waals surface area contributed by atoms with Gasteiger partial charge in [-0.1, -0.05) is 12.2 Å². The topological polar surface area (TPSA) is 59.8 Å². The molecule has 5 heteroatoms. The highest BCUT2D eigenvalue weighted by Crippen LogP contribution is 2.18. The van der Waals surface area contributed by atoms with E-state index in [1.54, 1.807) is 18.7 Å². The number of nitrogens with one attached hydrogen (secondary N) is 1. The van der Waals surface area contributed by atoms with Gasteiger partial charge < -0.3 is 5.32 Å². The summed E-state index contributed by atoms with van der Waals surface area (Å²) in [6.07, 6.45) is 14.0. The largest absolute Gasteiger partial charge is 0.352 e. The Bertz CT molecular complexity index is 633. The number of allylic oxidation sites excluding steroid dienone is 2. The summed E-state index contributed by atoms with van der Waals surface area (Å²) < 4.78 is 1.84. The maximum absolute atomic E-state index is 12.1. The highest BCUT2D eigenvalue weighted by atomic mass is 16.1. The fourth-order valence-electron chi connectivity index (χ4n) is 2.47. The normalized spacial score (nSPS) is 17.6. The van der Waals surface area contributed by atoms with Gasteiger partial charge in [-0.05, 0) is 37.0 Å². The van der Waals surface area contributed by atoms with E-state index >= 15 is 0 Å². The molecule has 1 aliphatic rings. The first kappa shape index (κ1) is 13.5. The van der Waals surface area contributed by atoms with Crippen molar-refractivity contribution in [3.05, 3.63) is 54.8 Å². The maximum Gasteiger partial charge on any atom is 0.223 e. The van der Waals surface area contributed by atoms with Crippen LogP contribution >= 0.6 is 0 Å². The number of hydrogen-bond acceptors (Lipinski definition) is 3. The Labute approximate surface area is 123 Å². The molecule has 0 fully saturated rings. The van der Waals surface area contributed by atoms with Crippen LogP contribution in [0.5, 0.6) is 0 Å². The molecule has 0 aromatic carbocycles. The van der Waals surface area contributed by atoms with Crippen molar-refractivity contribution in [2.75, 3.05) is 0 Å². The van der Waals surface area contributed by atoms with Crippen LogP contribution in [-0.2, 0) is 11.3 Å². The molecule has 21 heavy (non-hydrogen) atoms. The van der Waals surface area contributed by atoms with Crippen molar-refractivity contribution in [1.29, 1.82) is 0 Å². The lowest BCUT2D eigenvalue weighted by Crippen LogP contribution is -2.30. The molecule has 1 N–H and O–H groups in total. The Hall–Kier alpha value is -2.43. The number of amides is 1. The molecule has 1 aliphatic carbocycles. The molecule has 0 unspecified atom stereocenters. The highest BCUT2D eigenvalue weighted by molar-refractivity contribution is 5.78. The lowest BCUT2D eigenvalue weighted by molar-refractivity contribution is -0.125. The summed E-state index contributed by atoms with van der Waals surface area (Å²) in [7, 11) is 0. The molecule has 0 saturated carbocycles. The number of carbonyl (C=O) groups is 1. The second-order valence-electron chi connectivity index (χ2n) is 5.19. The summed E-state index contributed by atoms with van der Waals surface area (Å²) in [5.74, 6) is 1.06. The third-order valence-corrected chi connectivity index (χ3v) is 3.69. The molecular weight excluding hydrogens is 264 g/mol. The average molecular weight is 282 g/mol. The number of carbonyl (C=O) groups excluding carboxylic acids is 1. The molecular formula is C16H18N4O. The van der Waals surface area contributed by atoms with Crippen molar-refractivity contribution in [2.45, 2.75) is 25.8 Å². The van der Waals surface area contributed by atoms with Crippen LogP contribution < -0.4 is 5.32 Å². The van der Waals surface area contributed by atoms with Crippen LogP contribution in [0, 0.1) is 5.92 Å².